The van der Waals surface area contributed by atoms with Crippen LogP contribution in [0, 0.1) is 0 Å². The minimum absolute atomic E-state index is 0.127. The van der Waals surface area contributed by atoms with Crippen molar-refractivity contribution in [1.29, 1.82) is 0 Å². The number of anilines is 1. The number of para-hydroxylation sites is 1. The van der Waals surface area contributed by atoms with Crippen LogP contribution in [0.2, 0.25) is 0 Å². The Kier molecular flexibility index (Phi) is 5.03. The molecule has 132 valence electrons. The molecule has 6 heteroatoms. The maximum atomic E-state index is 12.4. The first-order valence-corrected chi connectivity index (χ1v) is 7.95. The van der Waals surface area contributed by atoms with E-state index in [0.717, 1.165) is 11.3 Å². The number of nitrogens with one attached hydrogen (secondary N) is 1. The molecular weight excluding hydrogens is 332 g/mol. The van der Waals surface area contributed by atoms with E-state index in [1.54, 1.807) is 4.68 Å². The quantitative estimate of drug-likeness (QED) is 0.712. The molecule has 3 aromatic rings. The zero-order valence-corrected chi connectivity index (χ0v) is 14.4. The highest BCUT2D eigenvalue weighted by Gasteiger charge is 2.28. The van der Waals surface area contributed by atoms with Crippen LogP contribution in [0.25, 0.3) is 11.3 Å². The molecule has 0 saturated carbocycles. The lowest BCUT2D eigenvalue weighted by Crippen LogP contribution is -2.12. The molecule has 1 aromatic heterocycles. The topological polar surface area (TPSA) is 69.6 Å². The number of carbonyl (C=O) groups excluding carboxylic acids is 2. The second kappa shape index (κ2) is 7.57. The fourth-order valence-corrected chi connectivity index (χ4v) is 2.70. The fourth-order valence-electron chi connectivity index (χ4n) is 2.70. The highest BCUT2D eigenvalue weighted by Crippen LogP contribution is 2.30. The SMILES string of the molecule is COC(=O)c1cn(Nc2ccccc2)c(-c2ccccc2)c1C(=O)OC. The smallest absolute Gasteiger partial charge is 0.341 e. The van der Waals surface area contributed by atoms with E-state index in [4.69, 9.17) is 9.47 Å². The molecule has 0 aliphatic carbocycles. The Morgan fingerprint density at radius 2 is 1.42 bits per heavy atom. The summed E-state index contributed by atoms with van der Waals surface area (Å²) in [6.45, 7) is 0. The lowest BCUT2D eigenvalue weighted by Gasteiger charge is -2.13. The lowest BCUT2D eigenvalue weighted by atomic mass is 10.0. The Morgan fingerprint density at radius 1 is 0.846 bits per heavy atom. The van der Waals surface area contributed by atoms with E-state index >= 15 is 0 Å². The highest BCUT2D eigenvalue weighted by molar-refractivity contribution is 6.07. The van der Waals surface area contributed by atoms with Crippen molar-refractivity contribution in [1.82, 2.24) is 4.68 Å². The Labute approximate surface area is 150 Å². The number of ether oxygens (including phenoxy) is 2. The average molecular weight is 350 g/mol. The van der Waals surface area contributed by atoms with Gasteiger partial charge in [-0.05, 0) is 12.1 Å². The van der Waals surface area contributed by atoms with Crippen LogP contribution in [-0.4, -0.2) is 30.8 Å². The van der Waals surface area contributed by atoms with Crippen LogP contribution >= 0.6 is 0 Å². The fraction of sp³-hybridized carbons (Fsp3) is 0.100. The van der Waals surface area contributed by atoms with E-state index in [0.29, 0.717) is 5.69 Å². The molecule has 1 N–H and O–H groups in total. The number of rotatable bonds is 5. The standard InChI is InChI=1S/C20H18N2O4/c1-25-19(23)16-13-22(21-15-11-7-4-8-12-15)18(17(16)20(24)26-2)14-9-5-3-6-10-14/h3-13,21H,1-2H3. The maximum absolute atomic E-state index is 12.4. The summed E-state index contributed by atoms with van der Waals surface area (Å²) in [5.74, 6) is -1.23. The molecule has 26 heavy (non-hydrogen) atoms. The average Bonchev–Trinajstić information content (AvgIpc) is 3.07. The lowest BCUT2D eigenvalue weighted by molar-refractivity contribution is 0.0557. The number of methoxy groups -OCH3 is 2. The summed E-state index contributed by atoms with van der Waals surface area (Å²) in [4.78, 5) is 24.7. The Hall–Kier alpha value is -3.54. The number of hydrogen-bond donors (Lipinski definition) is 1. The van der Waals surface area contributed by atoms with Gasteiger partial charge in [-0.25, -0.2) is 9.59 Å². The number of carbonyl (C=O) groups is 2. The van der Waals surface area contributed by atoms with Crippen molar-refractivity contribution in [3.8, 4) is 11.3 Å². The molecule has 0 aliphatic rings. The second-order valence-corrected chi connectivity index (χ2v) is 5.46. The van der Waals surface area contributed by atoms with E-state index in [9.17, 15) is 9.59 Å². The van der Waals surface area contributed by atoms with Crippen molar-refractivity contribution >= 4 is 17.6 Å². The van der Waals surface area contributed by atoms with Crippen LogP contribution in [-0.2, 0) is 9.47 Å². The molecular formula is C20H18N2O4. The van der Waals surface area contributed by atoms with Crippen LogP contribution < -0.4 is 5.43 Å². The summed E-state index contributed by atoms with van der Waals surface area (Å²) < 4.78 is 11.4. The van der Waals surface area contributed by atoms with Gasteiger partial charge in [0.1, 0.15) is 5.56 Å². The Morgan fingerprint density at radius 3 is 2.00 bits per heavy atom. The van der Waals surface area contributed by atoms with Crippen molar-refractivity contribution in [2.75, 3.05) is 19.6 Å². The van der Waals surface area contributed by atoms with E-state index in [-0.39, 0.29) is 11.1 Å². The van der Waals surface area contributed by atoms with Gasteiger partial charge in [-0.3, -0.25) is 10.1 Å². The van der Waals surface area contributed by atoms with Crippen molar-refractivity contribution in [3.05, 3.63) is 78.0 Å². The van der Waals surface area contributed by atoms with E-state index in [2.05, 4.69) is 5.43 Å². The molecule has 0 spiro atoms. The number of esters is 2. The van der Waals surface area contributed by atoms with Crippen LogP contribution in [0.4, 0.5) is 5.69 Å². The first kappa shape index (κ1) is 17.3. The molecule has 0 fully saturated rings. The third-order valence-electron chi connectivity index (χ3n) is 3.87. The highest BCUT2D eigenvalue weighted by atomic mass is 16.5. The van der Waals surface area contributed by atoms with Crippen molar-refractivity contribution in [2.24, 2.45) is 0 Å². The molecule has 6 nitrogen and oxygen atoms in total. The van der Waals surface area contributed by atoms with Crippen LogP contribution in [0.3, 0.4) is 0 Å². The molecule has 0 atom stereocenters. The predicted octanol–water partition coefficient (Wildman–Crippen LogP) is 3.60. The second-order valence-electron chi connectivity index (χ2n) is 5.46. The number of benzene rings is 2. The molecule has 2 aromatic carbocycles. The summed E-state index contributed by atoms with van der Waals surface area (Å²) in [6, 6.07) is 18.7. The van der Waals surface area contributed by atoms with Crippen molar-refractivity contribution < 1.29 is 19.1 Å². The summed E-state index contributed by atoms with van der Waals surface area (Å²) >= 11 is 0. The summed E-state index contributed by atoms with van der Waals surface area (Å²) in [5.41, 5.74) is 5.53. The van der Waals surface area contributed by atoms with Gasteiger partial charge < -0.3 is 9.47 Å². The van der Waals surface area contributed by atoms with Crippen LogP contribution in [0.15, 0.2) is 66.9 Å². The third-order valence-corrected chi connectivity index (χ3v) is 3.87. The van der Waals surface area contributed by atoms with Gasteiger partial charge in [-0.2, -0.15) is 0 Å². The van der Waals surface area contributed by atoms with E-state index < -0.39 is 11.9 Å². The first-order valence-electron chi connectivity index (χ1n) is 7.95. The van der Waals surface area contributed by atoms with Crippen LogP contribution in [0.5, 0.6) is 0 Å². The molecule has 0 unspecified atom stereocenters. The summed E-state index contributed by atoms with van der Waals surface area (Å²) in [5, 5.41) is 0. The largest absolute Gasteiger partial charge is 0.465 e. The van der Waals surface area contributed by atoms with Gasteiger partial charge in [0, 0.05) is 11.8 Å². The number of hydrogen-bond acceptors (Lipinski definition) is 5. The predicted molar refractivity (Wildman–Crippen MR) is 98.0 cm³/mol. The molecule has 0 aliphatic heterocycles. The van der Waals surface area contributed by atoms with Gasteiger partial charge in [-0.15, -0.1) is 0 Å². The van der Waals surface area contributed by atoms with Crippen molar-refractivity contribution in [3.63, 3.8) is 0 Å². The van der Waals surface area contributed by atoms with Gasteiger partial charge in [0.25, 0.3) is 0 Å². The van der Waals surface area contributed by atoms with Crippen molar-refractivity contribution in [2.45, 2.75) is 0 Å². The third kappa shape index (κ3) is 3.30. The maximum Gasteiger partial charge on any atom is 0.341 e. The first-order chi connectivity index (χ1) is 12.7. The van der Waals surface area contributed by atoms with E-state index in [1.165, 1.54) is 20.4 Å². The summed E-state index contributed by atoms with van der Waals surface area (Å²) in [6.07, 6.45) is 1.54. The summed E-state index contributed by atoms with van der Waals surface area (Å²) in [7, 11) is 2.55. The molecule has 0 saturated heterocycles. The molecule has 3 rings (SSSR count). The zero-order chi connectivity index (χ0) is 18.5. The molecule has 0 bridgehead atoms. The van der Waals surface area contributed by atoms with Gasteiger partial charge in [0.15, 0.2) is 0 Å². The number of aromatic nitrogens is 1. The van der Waals surface area contributed by atoms with Crippen LogP contribution in [0.1, 0.15) is 20.7 Å². The van der Waals surface area contributed by atoms with E-state index in [1.807, 2.05) is 60.7 Å². The van der Waals surface area contributed by atoms with Gasteiger partial charge in [-0.1, -0.05) is 48.5 Å². The Balaban J connectivity index is 2.23. The Bertz CT molecular complexity index is 918. The zero-order valence-electron chi connectivity index (χ0n) is 14.4. The van der Waals surface area contributed by atoms with Gasteiger partial charge in [0.05, 0.1) is 31.2 Å². The number of nitrogens with zero attached hydrogens (tertiary/aromatic N) is 1. The van der Waals surface area contributed by atoms with Gasteiger partial charge in [0.2, 0.25) is 0 Å². The molecule has 0 radical (unpaired) electrons. The van der Waals surface area contributed by atoms with Gasteiger partial charge >= 0.3 is 11.9 Å². The normalized spacial score (nSPS) is 10.2. The minimum atomic E-state index is -0.615. The monoisotopic (exact) mass is 350 g/mol. The molecule has 0 amide bonds. The minimum Gasteiger partial charge on any atom is -0.465 e. The molecule has 1 heterocycles.